The van der Waals surface area contributed by atoms with Crippen LogP contribution >= 0.6 is 0 Å². The van der Waals surface area contributed by atoms with Crippen LogP contribution in [0.3, 0.4) is 0 Å². The third kappa shape index (κ3) is 5.47. The smallest absolute Gasteiger partial charge is 0.234 e. The van der Waals surface area contributed by atoms with Crippen molar-refractivity contribution in [3.8, 4) is 0 Å². The van der Waals surface area contributed by atoms with Gasteiger partial charge in [-0.3, -0.25) is 4.72 Å². The number of nitrogens with one attached hydrogen (secondary N) is 1. The fourth-order valence-electron chi connectivity index (χ4n) is 3.63. The Morgan fingerprint density at radius 1 is 1.17 bits per heavy atom. The Hall–Kier alpha value is -1.25. The van der Waals surface area contributed by atoms with E-state index in [1.807, 2.05) is 6.07 Å². The molecule has 164 valence electrons. The van der Waals surface area contributed by atoms with E-state index in [1.165, 1.54) is 25.7 Å². The van der Waals surface area contributed by atoms with E-state index in [4.69, 9.17) is 10.2 Å². The summed E-state index contributed by atoms with van der Waals surface area (Å²) in [6.45, 7) is 12.9. The number of nitrogens with two attached hydrogens (primary N) is 1. The highest BCUT2D eigenvalue weighted by atomic mass is 32.2. The van der Waals surface area contributed by atoms with Gasteiger partial charge >= 0.3 is 0 Å². The normalized spacial score (nSPS) is 19.4. The number of anilines is 3. The lowest BCUT2D eigenvalue weighted by molar-refractivity contribution is 0.309. The average Bonchev–Trinajstić information content (AvgIpc) is 3.35. The van der Waals surface area contributed by atoms with Crippen molar-refractivity contribution < 1.29 is 12.8 Å². The standard InChI is InChI=1S/C21H37N3O3SSi/c1-20(2,3)29(4,5)27-14-15-28(25,26)23-17-6-7-18(22)19(16-17)24-12-10-21(8-9-21)11-13-24/h6-7,16,23H,8-15,22H2,1-5H3. The maximum Gasteiger partial charge on any atom is 0.234 e. The van der Waals surface area contributed by atoms with Gasteiger partial charge in [-0.05, 0) is 67.4 Å². The maximum absolute atomic E-state index is 12.6. The van der Waals surface area contributed by atoms with E-state index >= 15 is 0 Å². The van der Waals surface area contributed by atoms with Gasteiger partial charge in [0.15, 0.2) is 8.32 Å². The summed E-state index contributed by atoms with van der Waals surface area (Å²) < 4.78 is 33.9. The van der Waals surface area contributed by atoms with Crippen LogP contribution < -0.4 is 15.4 Å². The fourth-order valence-corrected chi connectivity index (χ4v) is 5.72. The molecule has 1 aromatic carbocycles. The summed E-state index contributed by atoms with van der Waals surface area (Å²) >= 11 is 0. The molecule has 0 atom stereocenters. The summed E-state index contributed by atoms with van der Waals surface area (Å²) in [5.74, 6) is -0.0501. The Balaban J connectivity index is 1.60. The van der Waals surface area contributed by atoms with Gasteiger partial charge in [-0.2, -0.15) is 0 Å². The number of piperidine rings is 1. The van der Waals surface area contributed by atoms with E-state index in [0.717, 1.165) is 18.8 Å². The van der Waals surface area contributed by atoms with Crippen molar-refractivity contribution in [1.82, 2.24) is 0 Å². The molecule has 6 nitrogen and oxygen atoms in total. The zero-order chi connectivity index (χ0) is 21.5. The second-order valence-corrected chi connectivity index (χ2v) is 16.9. The second kappa shape index (κ2) is 7.78. The van der Waals surface area contributed by atoms with Crippen molar-refractivity contribution in [2.75, 3.05) is 40.8 Å². The highest BCUT2D eigenvalue weighted by Crippen LogP contribution is 2.54. The predicted molar refractivity (Wildman–Crippen MR) is 125 cm³/mol. The molecule has 2 aliphatic rings. The highest BCUT2D eigenvalue weighted by Gasteiger charge is 2.44. The van der Waals surface area contributed by atoms with E-state index in [-0.39, 0.29) is 17.4 Å². The Morgan fingerprint density at radius 3 is 2.34 bits per heavy atom. The van der Waals surface area contributed by atoms with Gasteiger partial charge in [0.05, 0.1) is 22.8 Å². The van der Waals surface area contributed by atoms with Crippen LogP contribution in [0.2, 0.25) is 18.1 Å². The quantitative estimate of drug-likeness (QED) is 0.485. The molecule has 3 N–H and O–H groups in total. The fraction of sp³-hybridized carbons (Fsp3) is 0.714. The molecule has 29 heavy (non-hydrogen) atoms. The number of sulfonamides is 1. The summed E-state index contributed by atoms with van der Waals surface area (Å²) in [6, 6.07) is 5.39. The maximum atomic E-state index is 12.6. The zero-order valence-corrected chi connectivity index (χ0v) is 20.4. The van der Waals surface area contributed by atoms with Crippen molar-refractivity contribution in [3.63, 3.8) is 0 Å². The number of nitrogens with zero attached hydrogens (tertiary/aromatic N) is 1. The minimum atomic E-state index is -3.48. The number of rotatable bonds is 7. The number of hydrogen-bond acceptors (Lipinski definition) is 5. The summed E-state index contributed by atoms with van der Waals surface area (Å²) in [5, 5.41) is 0.0591. The molecule has 8 heteroatoms. The first-order valence-electron chi connectivity index (χ1n) is 10.6. The van der Waals surface area contributed by atoms with Gasteiger partial charge in [-0.25, -0.2) is 8.42 Å². The van der Waals surface area contributed by atoms with Gasteiger partial charge < -0.3 is 15.1 Å². The topological polar surface area (TPSA) is 84.7 Å². The van der Waals surface area contributed by atoms with Crippen LogP contribution in [0.4, 0.5) is 17.1 Å². The Morgan fingerprint density at radius 2 is 1.79 bits per heavy atom. The van der Waals surface area contributed by atoms with Crippen molar-refractivity contribution in [2.45, 2.75) is 64.6 Å². The van der Waals surface area contributed by atoms with E-state index in [2.05, 4.69) is 43.5 Å². The van der Waals surface area contributed by atoms with Crippen LogP contribution in [0, 0.1) is 5.41 Å². The third-order valence-electron chi connectivity index (χ3n) is 7.05. The van der Waals surface area contributed by atoms with Gasteiger partial charge in [0, 0.05) is 19.7 Å². The minimum Gasteiger partial charge on any atom is -0.416 e. The van der Waals surface area contributed by atoms with Gasteiger partial charge in [0.25, 0.3) is 0 Å². The molecule has 2 fully saturated rings. The molecular weight excluding hydrogens is 402 g/mol. The highest BCUT2D eigenvalue weighted by molar-refractivity contribution is 7.92. The number of nitrogen functional groups attached to an aromatic ring is 1. The minimum absolute atomic E-state index is 0.0501. The second-order valence-electron chi connectivity index (χ2n) is 10.3. The largest absolute Gasteiger partial charge is 0.416 e. The van der Waals surface area contributed by atoms with Crippen LogP contribution in [0.1, 0.15) is 46.5 Å². The molecule has 1 heterocycles. The SMILES string of the molecule is CC(C)(C)[Si](C)(C)OCCS(=O)(=O)Nc1ccc(N)c(N2CCC3(CC2)CC3)c1. The van der Waals surface area contributed by atoms with Crippen molar-refractivity contribution in [3.05, 3.63) is 18.2 Å². The molecule has 1 spiro atoms. The molecule has 0 unspecified atom stereocenters. The van der Waals surface area contributed by atoms with Crippen LogP contribution in [0.5, 0.6) is 0 Å². The van der Waals surface area contributed by atoms with E-state index in [1.54, 1.807) is 12.1 Å². The Labute approximate surface area is 177 Å². The summed E-state index contributed by atoms with van der Waals surface area (Å²) in [4.78, 5) is 2.29. The molecule has 1 aliphatic heterocycles. The Bertz CT molecular complexity index is 835. The number of hydrogen-bond donors (Lipinski definition) is 2. The molecule has 1 saturated heterocycles. The van der Waals surface area contributed by atoms with E-state index in [0.29, 0.717) is 16.8 Å². The van der Waals surface area contributed by atoms with Gasteiger partial charge in [0.2, 0.25) is 10.0 Å². The molecule has 0 amide bonds. The van der Waals surface area contributed by atoms with Gasteiger partial charge in [-0.15, -0.1) is 0 Å². The lowest BCUT2D eigenvalue weighted by atomic mass is 9.93. The summed E-state index contributed by atoms with van der Waals surface area (Å²) in [6.07, 6.45) is 5.11. The monoisotopic (exact) mass is 439 g/mol. The molecule has 1 aliphatic carbocycles. The third-order valence-corrected chi connectivity index (χ3v) is 12.8. The van der Waals surface area contributed by atoms with E-state index < -0.39 is 18.3 Å². The lowest BCUT2D eigenvalue weighted by Crippen LogP contribution is -2.42. The Kier molecular flexibility index (Phi) is 6.02. The van der Waals surface area contributed by atoms with Crippen molar-refractivity contribution in [2.24, 2.45) is 5.41 Å². The van der Waals surface area contributed by atoms with E-state index in [9.17, 15) is 8.42 Å². The molecule has 1 saturated carbocycles. The molecular formula is C21H37N3O3SSi. The van der Waals surface area contributed by atoms with Crippen LogP contribution in [-0.2, 0) is 14.4 Å². The molecule has 0 bridgehead atoms. The molecule has 1 aromatic rings. The first kappa shape index (κ1) is 22.4. The molecule has 3 rings (SSSR count). The summed E-state index contributed by atoms with van der Waals surface area (Å²) in [7, 11) is -5.44. The zero-order valence-electron chi connectivity index (χ0n) is 18.5. The molecule has 0 aromatic heterocycles. The molecule has 0 radical (unpaired) electrons. The lowest BCUT2D eigenvalue weighted by Gasteiger charge is -2.36. The van der Waals surface area contributed by atoms with Gasteiger partial charge in [-0.1, -0.05) is 20.8 Å². The van der Waals surface area contributed by atoms with Crippen molar-refractivity contribution >= 4 is 35.4 Å². The van der Waals surface area contributed by atoms with Crippen molar-refractivity contribution in [1.29, 1.82) is 0 Å². The summed E-state index contributed by atoms with van der Waals surface area (Å²) in [5.41, 5.74) is 8.98. The van der Waals surface area contributed by atoms with Crippen LogP contribution in [-0.4, -0.2) is 42.2 Å². The predicted octanol–water partition coefficient (Wildman–Crippen LogP) is 4.41. The first-order chi connectivity index (χ1) is 13.3. The first-order valence-corrected chi connectivity index (χ1v) is 15.2. The van der Waals surface area contributed by atoms with Crippen LogP contribution in [0.25, 0.3) is 0 Å². The van der Waals surface area contributed by atoms with Crippen LogP contribution in [0.15, 0.2) is 18.2 Å². The number of benzene rings is 1. The van der Waals surface area contributed by atoms with Gasteiger partial charge in [0.1, 0.15) is 0 Å². The average molecular weight is 440 g/mol.